The molecule has 0 saturated carbocycles. The molecule has 1 aliphatic heterocycles. The lowest BCUT2D eigenvalue weighted by Crippen LogP contribution is -2.36. The quantitative estimate of drug-likeness (QED) is 0.571. The number of morpholine rings is 1. The average Bonchev–Trinajstić information content (AvgIpc) is 3.04. The van der Waals surface area contributed by atoms with Crippen molar-refractivity contribution in [3.05, 3.63) is 52.7 Å². The molecule has 3 aromatic rings. The Balaban J connectivity index is 1.96. The Labute approximate surface area is 180 Å². The summed E-state index contributed by atoms with van der Waals surface area (Å²) in [5, 5.41) is 1.65. The van der Waals surface area contributed by atoms with Gasteiger partial charge in [-0.15, -0.1) is 0 Å². The molecule has 1 saturated heterocycles. The molecule has 1 aliphatic rings. The molecular weight excluding hydrogens is 404 g/mol. The molecule has 6 nitrogen and oxygen atoms in total. The second-order valence-electron chi connectivity index (χ2n) is 7.27. The summed E-state index contributed by atoms with van der Waals surface area (Å²) in [6.07, 6.45) is 0.194. The predicted molar refractivity (Wildman–Crippen MR) is 118 cm³/mol. The number of hydrogen-bond acceptors (Lipinski definition) is 5. The zero-order valence-electron chi connectivity index (χ0n) is 17.4. The molecule has 2 heterocycles. The minimum Gasteiger partial charge on any atom is -0.495 e. The monoisotopic (exact) mass is 428 g/mol. The third-order valence-electron chi connectivity index (χ3n) is 5.62. The second-order valence-corrected chi connectivity index (χ2v) is 7.71. The highest BCUT2D eigenvalue weighted by molar-refractivity contribution is 6.30. The van der Waals surface area contributed by atoms with E-state index >= 15 is 0 Å². The molecule has 7 heteroatoms. The maximum atomic E-state index is 12.1. The molecule has 0 amide bonds. The number of hydrogen-bond donors (Lipinski definition) is 0. The number of aromatic nitrogens is 1. The number of methoxy groups -OCH3 is 2. The van der Waals surface area contributed by atoms with Crippen LogP contribution >= 0.6 is 11.6 Å². The van der Waals surface area contributed by atoms with Crippen LogP contribution in [0.2, 0.25) is 5.02 Å². The lowest BCUT2D eigenvalue weighted by atomic mass is 10.1. The number of rotatable bonds is 5. The molecular formula is C23H25ClN2O4. The zero-order valence-corrected chi connectivity index (χ0v) is 18.2. The predicted octanol–water partition coefficient (Wildman–Crippen LogP) is 4.15. The fourth-order valence-corrected chi connectivity index (χ4v) is 4.20. The standard InChI is InChI=1S/C23H25ClN2O4/c1-15-18(13-23(27)29-3)19-12-22(28-2)21(25-8-10-30-11-9-25)14-20(19)26(15)17-6-4-16(24)5-7-17/h4-7,12,14H,8-11,13H2,1-3H3. The Morgan fingerprint density at radius 3 is 2.47 bits per heavy atom. The minimum absolute atomic E-state index is 0.194. The molecule has 4 rings (SSSR count). The van der Waals surface area contributed by atoms with E-state index in [2.05, 4.69) is 15.5 Å². The van der Waals surface area contributed by atoms with E-state index in [1.807, 2.05) is 37.3 Å². The maximum absolute atomic E-state index is 12.1. The van der Waals surface area contributed by atoms with Crippen molar-refractivity contribution < 1.29 is 19.0 Å². The van der Waals surface area contributed by atoms with Crippen LogP contribution < -0.4 is 9.64 Å². The number of carbonyl (C=O) groups is 1. The minimum atomic E-state index is -0.274. The summed E-state index contributed by atoms with van der Waals surface area (Å²) in [4.78, 5) is 14.4. The summed E-state index contributed by atoms with van der Waals surface area (Å²) in [6.45, 7) is 5.00. The Morgan fingerprint density at radius 1 is 1.13 bits per heavy atom. The van der Waals surface area contributed by atoms with Crippen LogP contribution in [0.3, 0.4) is 0 Å². The summed E-state index contributed by atoms with van der Waals surface area (Å²) in [5.74, 6) is 0.508. The average molecular weight is 429 g/mol. The van der Waals surface area contributed by atoms with Gasteiger partial charge in [0.2, 0.25) is 0 Å². The van der Waals surface area contributed by atoms with Gasteiger partial charge in [0.1, 0.15) is 5.75 Å². The second kappa shape index (κ2) is 8.58. The largest absolute Gasteiger partial charge is 0.495 e. The molecule has 0 atom stereocenters. The van der Waals surface area contributed by atoms with Crippen molar-refractivity contribution in [2.24, 2.45) is 0 Å². The summed E-state index contributed by atoms with van der Waals surface area (Å²) in [6, 6.07) is 11.9. The van der Waals surface area contributed by atoms with Crippen molar-refractivity contribution in [2.45, 2.75) is 13.3 Å². The van der Waals surface area contributed by atoms with Crippen LogP contribution in [0.4, 0.5) is 5.69 Å². The van der Waals surface area contributed by atoms with Crippen molar-refractivity contribution in [3.63, 3.8) is 0 Å². The SMILES string of the molecule is COC(=O)Cc1c(C)n(-c2ccc(Cl)cc2)c2cc(N3CCOCC3)c(OC)cc12. The van der Waals surface area contributed by atoms with Gasteiger partial charge in [0.15, 0.2) is 0 Å². The molecule has 158 valence electrons. The van der Waals surface area contributed by atoms with E-state index in [4.69, 9.17) is 25.8 Å². The fraction of sp³-hybridized carbons (Fsp3) is 0.348. The van der Waals surface area contributed by atoms with Gasteiger partial charge in [-0.3, -0.25) is 4.79 Å². The van der Waals surface area contributed by atoms with Gasteiger partial charge in [-0.05, 0) is 48.9 Å². The highest BCUT2D eigenvalue weighted by atomic mass is 35.5. The third-order valence-corrected chi connectivity index (χ3v) is 5.87. The van der Waals surface area contributed by atoms with Gasteiger partial charge in [0.25, 0.3) is 0 Å². The van der Waals surface area contributed by atoms with E-state index < -0.39 is 0 Å². The highest BCUT2D eigenvalue weighted by Crippen LogP contribution is 2.39. The van der Waals surface area contributed by atoms with E-state index in [0.29, 0.717) is 18.2 Å². The van der Waals surface area contributed by atoms with E-state index in [1.54, 1.807) is 7.11 Å². The van der Waals surface area contributed by atoms with Gasteiger partial charge in [-0.25, -0.2) is 0 Å². The van der Waals surface area contributed by atoms with Crippen LogP contribution in [0.1, 0.15) is 11.3 Å². The van der Waals surface area contributed by atoms with Crippen molar-refractivity contribution >= 4 is 34.2 Å². The van der Waals surface area contributed by atoms with Crippen LogP contribution in [0.25, 0.3) is 16.6 Å². The lowest BCUT2D eigenvalue weighted by Gasteiger charge is -2.30. The number of nitrogens with zero attached hydrogens (tertiary/aromatic N) is 2. The highest BCUT2D eigenvalue weighted by Gasteiger charge is 2.23. The molecule has 0 radical (unpaired) electrons. The van der Waals surface area contributed by atoms with Gasteiger partial charge >= 0.3 is 5.97 Å². The van der Waals surface area contributed by atoms with Crippen LogP contribution in [-0.4, -0.2) is 51.1 Å². The molecule has 2 aromatic carbocycles. The van der Waals surface area contributed by atoms with Crippen molar-refractivity contribution in [3.8, 4) is 11.4 Å². The first kappa shape index (κ1) is 20.6. The summed E-state index contributed by atoms with van der Waals surface area (Å²) < 4.78 is 18.4. The number of benzene rings is 2. The van der Waals surface area contributed by atoms with Crippen LogP contribution in [-0.2, 0) is 20.7 Å². The first-order chi connectivity index (χ1) is 14.5. The fourth-order valence-electron chi connectivity index (χ4n) is 4.07. The molecule has 1 fully saturated rings. The number of carbonyl (C=O) groups excluding carboxylic acids is 1. The summed E-state index contributed by atoms with van der Waals surface area (Å²) in [5.41, 5.74) is 4.93. The molecule has 0 spiro atoms. The Kier molecular flexibility index (Phi) is 5.88. The summed E-state index contributed by atoms with van der Waals surface area (Å²) >= 11 is 6.11. The molecule has 30 heavy (non-hydrogen) atoms. The molecule has 1 aromatic heterocycles. The Hall–Kier alpha value is -2.70. The van der Waals surface area contributed by atoms with Gasteiger partial charge < -0.3 is 23.7 Å². The van der Waals surface area contributed by atoms with E-state index in [1.165, 1.54) is 7.11 Å². The van der Waals surface area contributed by atoms with Crippen LogP contribution in [0, 0.1) is 6.92 Å². The zero-order chi connectivity index (χ0) is 21.3. The Bertz CT molecular complexity index is 1070. The molecule has 0 N–H and O–H groups in total. The van der Waals surface area contributed by atoms with E-state index in [9.17, 15) is 4.79 Å². The first-order valence-electron chi connectivity index (χ1n) is 9.91. The topological polar surface area (TPSA) is 52.9 Å². The molecule has 0 unspecified atom stereocenters. The smallest absolute Gasteiger partial charge is 0.310 e. The number of ether oxygens (including phenoxy) is 3. The van der Waals surface area contributed by atoms with E-state index in [0.717, 1.165) is 52.4 Å². The van der Waals surface area contributed by atoms with Crippen molar-refractivity contribution in [2.75, 3.05) is 45.4 Å². The van der Waals surface area contributed by atoms with Gasteiger partial charge in [0, 0.05) is 34.9 Å². The summed E-state index contributed by atoms with van der Waals surface area (Å²) in [7, 11) is 3.08. The number of fused-ring (bicyclic) bond motifs is 1. The van der Waals surface area contributed by atoms with Gasteiger partial charge in [-0.1, -0.05) is 11.6 Å². The number of halogens is 1. The van der Waals surface area contributed by atoms with Crippen LogP contribution in [0.5, 0.6) is 5.75 Å². The van der Waals surface area contributed by atoms with Gasteiger partial charge in [-0.2, -0.15) is 0 Å². The van der Waals surface area contributed by atoms with Crippen molar-refractivity contribution in [1.29, 1.82) is 0 Å². The lowest BCUT2D eigenvalue weighted by molar-refractivity contribution is -0.139. The third kappa shape index (κ3) is 3.73. The molecule has 0 aliphatic carbocycles. The van der Waals surface area contributed by atoms with Crippen LogP contribution in [0.15, 0.2) is 36.4 Å². The van der Waals surface area contributed by atoms with Crippen molar-refractivity contribution in [1.82, 2.24) is 4.57 Å². The maximum Gasteiger partial charge on any atom is 0.310 e. The van der Waals surface area contributed by atoms with Gasteiger partial charge in [0.05, 0.1) is 45.1 Å². The first-order valence-corrected chi connectivity index (χ1v) is 10.3. The van der Waals surface area contributed by atoms with E-state index in [-0.39, 0.29) is 12.4 Å². The molecule has 0 bridgehead atoms. The normalized spacial score (nSPS) is 14.2. The number of anilines is 1. The Morgan fingerprint density at radius 2 is 1.83 bits per heavy atom. The number of esters is 1.